The Morgan fingerprint density at radius 1 is 0.252 bits per heavy atom. The highest BCUT2D eigenvalue weighted by Crippen LogP contribution is 2.45. The number of carbonyl (C=O) groups is 3. The van der Waals surface area contributed by atoms with Gasteiger partial charge in [-0.1, -0.05) is 364 Å². The summed E-state index contributed by atoms with van der Waals surface area (Å²) in [5.41, 5.74) is 0. The van der Waals surface area contributed by atoms with Gasteiger partial charge in [0.2, 0.25) is 0 Å². The predicted octanol–water partition coefficient (Wildman–Crippen LogP) is 27.9. The van der Waals surface area contributed by atoms with Crippen LogP contribution in [0.2, 0.25) is 0 Å². The van der Waals surface area contributed by atoms with Gasteiger partial charge in [0.05, 0.1) is 26.4 Å². The van der Waals surface area contributed by atoms with Gasteiger partial charge in [-0.25, -0.2) is 9.13 Å². The molecule has 0 fully saturated rings. The van der Waals surface area contributed by atoms with E-state index in [1.165, 1.54) is 128 Å². The lowest BCUT2D eigenvalue weighted by Gasteiger charge is -2.21. The van der Waals surface area contributed by atoms with E-state index in [0.717, 1.165) is 180 Å². The van der Waals surface area contributed by atoms with E-state index >= 15 is 0 Å². The zero-order valence-corrected chi connectivity index (χ0v) is 74.2. The van der Waals surface area contributed by atoms with Gasteiger partial charge in [-0.15, -0.1) is 0 Å². The van der Waals surface area contributed by atoms with Crippen LogP contribution in [0.3, 0.4) is 0 Å². The molecule has 0 spiro atoms. The van der Waals surface area contributed by atoms with Crippen molar-refractivity contribution in [1.29, 1.82) is 0 Å². The van der Waals surface area contributed by atoms with Gasteiger partial charge in [0.15, 0.2) is 6.10 Å². The molecule has 0 bridgehead atoms. The Balaban J connectivity index is 4.62. The highest BCUT2D eigenvalue weighted by molar-refractivity contribution is 7.47. The molecule has 0 heterocycles. The van der Waals surface area contributed by atoms with E-state index in [9.17, 15) is 43.5 Å². The van der Waals surface area contributed by atoms with Crippen molar-refractivity contribution in [2.75, 3.05) is 39.6 Å². The van der Waals surface area contributed by atoms with Crippen LogP contribution in [0.4, 0.5) is 0 Å². The molecule has 0 aliphatic carbocycles. The van der Waals surface area contributed by atoms with Gasteiger partial charge >= 0.3 is 33.6 Å². The van der Waals surface area contributed by atoms with Gasteiger partial charge in [-0.05, 0) is 154 Å². The van der Waals surface area contributed by atoms with Crippen LogP contribution in [0.25, 0.3) is 0 Å². The minimum absolute atomic E-state index is 0.0853. The van der Waals surface area contributed by atoms with Crippen LogP contribution < -0.4 is 0 Å². The van der Waals surface area contributed by atoms with E-state index in [-0.39, 0.29) is 19.3 Å². The molecule has 0 saturated carbocycles. The quantitative estimate of drug-likeness (QED) is 0.0146. The molecular formula is C97H164O16P2. The van der Waals surface area contributed by atoms with Crippen molar-refractivity contribution in [2.24, 2.45) is 0 Å². The number of phosphoric ester groups is 2. The van der Waals surface area contributed by atoms with Gasteiger partial charge in [-0.2, -0.15) is 0 Å². The zero-order valence-electron chi connectivity index (χ0n) is 72.4. The zero-order chi connectivity index (χ0) is 83.6. The fourth-order valence-corrected chi connectivity index (χ4v) is 13.7. The maximum atomic E-state index is 13.1. The molecule has 4 N–H and O–H groups in total. The van der Waals surface area contributed by atoms with Crippen LogP contribution in [-0.2, 0) is 55.8 Å². The maximum Gasteiger partial charge on any atom is 0.472 e. The van der Waals surface area contributed by atoms with Crippen LogP contribution in [0.1, 0.15) is 367 Å². The van der Waals surface area contributed by atoms with E-state index in [2.05, 4.69) is 191 Å². The highest BCUT2D eigenvalue weighted by atomic mass is 31.2. The molecule has 0 amide bonds. The summed E-state index contributed by atoms with van der Waals surface area (Å²) >= 11 is 0. The van der Waals surface area contributed by atoms with Crippen molar-refractivity contribution in [3.05, 3.63) is 170 Å². The highest BCUT2D eigenvalue weighted by Gasteiger charge is 2.29. The minimum Gasteiger partial charge on any atom is -0.463 e. The number of aliphatic hydroxyl groups excluding tert-OH is 2. The van der Waals surface area contributed by atoms with E-state index in [1.807, 2.05) is 0 Å². The lowest BCUT2D eigenvalue weighted by molar-refractivity contribution is -0.161. The Morgan fingerprint density at radius 2 is 0.461 bits per heavy atom. The van der Waals surface area contributed by atoms with E-state index < -0.39 is 91.5 Å². The summed E-state index contributed by atoms with van der Waals surface area (Å²) in [4.78, 5) is 59.0. The molecular weight excluding hydrogens is 1480 g/mol. The SMILES string of the molecule is CC/C=C\C/C=C\C/C=C\C/C=C\C/C=C\CCCCCCCCCCCCCCCCCC(=O)OCC(O)COP(=O)(O)OCC(O)COP(=O)(O)OCC(COC(=O)CCCCCCCCCCC/C=C\C/C=C\C/C=C\C/C=C\CCCCC)OC(=O)CCCCCCCCC/C=C\C/C=C\C/C=C\C/C=C\C/C=C\CC. The first-order valence-electron chi connectivity index (χ1n) is 45.4. The first kappa shape index (κ1) is 110. The first-order chi connectivity index (χ1) is 56.2. The third-order valence-corrected chi connectivity index (χ3v) is 20.8. The molecule has 0 aliphatic rings. The van der Waals surface area contributed by atoms with E-state index in [1.54, 1.807) is 0 Å². The molecule has 0 rings (SSSR count). The number of allylic oxidation sites excluding steroid dienone is 28. The lowest BCUT2D eigenvalue weighted by Crippen LogP contribution is -2.30. The Kier molecular flexibility index (Phi) is 84.3. The third kappa shape index (κ3) is 89.5. The van der Waals surface area contributed by atoms with Gasteiger partial charge in [0.25, 0.3) is 0 Å². The van der Waals surface area contributed by atoms with Gasteiger partial charge in [0, 0.05) is 19.3 Å². The molecule has 0 radical (unpaired) electrons. The molecule has 115 heavy (non-hydrogen) atoms. The van der Waals surface area contributed by atoms with Crippen LogP contribution >= 0.6 is 15.6 Å². The second kappa shape index (κ2) is 88.2. The van der Waals surface area contributed by atoms with Crippen molar-refractivity contribution in [3.8, 4) is 0 Å². The van der Waals surface area contributed by atoms with Gasteiger partial charge in [-0.3, -0.25) is 32.5 Å². The van der Waals surface area contributed by atoms with Crippen LogP contribution in [0.15, 0.2) is 170 Å². The summed E-state index contributed by atoms with van der Waals surface area (Å²) in [5.74, 6) is -1.59. The predicted molar refractivity (Wildman–Crippen MR) is 482 cm³/mol. The van der Waals surface area contributed by atoms with Gasteiger partial charge < -0.3 is 34.2 Å². The number of hydrogen-bond donors (Lipinski definition) is 4. The number of rotatable bonds is 85. The largest absolute Gasteiger partial charge is 0.472 e. The Hall–Kier alpha value is -5.09. The fourth-order valence-electron chi connectivity index (χ4n) is 12.1. The molecule has 18 heteroatoms. The van der Waals surface area contributed by atoms with Crippen molar-refractivity contribution in [2.45, 2.75) is 386 Å². The van der Waals surface area contributed by atoms with Crippen molar-refractivity contribution >= 4 is 33.6 Å². The van der Waals surface area contributed by atoms with Crippen LogP contribution in [0, 0.1) is 0 Å². The number of ether oxygens (including phenoxy) is 3. The second-order valence-electron chi connectivity index (χ2n) is 30.0. The topological polar surface area (TPSA) is 231 Å². The maximum absolute atomic E-state index is 13.1. The van der Waals surface area contributed by atoms with Crippen molar-refractivity contribution in [1.82, 2.24) is 0 Å². The Morgan fingerprint density at radius 3 is 0.730 bits per heavy atom. The number of carbonyl (C=O) groups excluding carboxylic acids is 3. The van der Waals surface area contributed by atoms with E-state index in [4.69, 9.17) is 32.3 Å². The summed E-state index contributed by atoms with van der Waals surface area (Å²) in [6, 6.07) is 0. The molecule has 0 aromatic heterocycles. The van der Waals surface area contributed by atoms with Crippen LogP contribution in [0.5, 0.6) is 0 Å². The number of aliphatic hydroxyl groups is 2. The summed E-state index contributed by atoms with van der Waals surface area (Å²) in [7, 11) is -9.82. The average molecular weight is 1650 g/mol. The summed E-state index contributed by atoms with van der Waals surface area (Å²) in [5, 5.41) is 20.7. The normalized spacial score (nSPS) is 14.6. The molecule has 658 valence electrons. The molecule has 0 aromatic rings. The summed E-state index contributed by atoms with van der Waals surface area (Å²) in [6.07, 6.45) is 114. The summed E-state index contributed by atoms with van der Waals surface area (Å²) in [6.45, 7) is 2.44. The van der Waals surface area contributed by atoms with Crippen molar-refractivity contribution in [3.63, 3.8) is 0 Å². The molecule has 16 nitrogen and oxygen atoms in total. The molecule has 5 atom stereocenters. The molecule has 0 aromatic carbocycles. The fraction of sp³-hybridized carbons (Fsp3) is 0.680. The van der Waals surface area contributed by atoms with Crippen LogP contribution in [-0.4, -0.2) is 95.9 Å². The number of hydrogen-bond acceptors (Lipinski definition) is 14. The monoisotopic (exact) mass is 1650 g/mol. The third-order valence-electron chi connectivity index (χ3n) is 18.9. The lowest BCUT2D eigenvalue weighted by atomic mass is 10.0. The molecule has 0 saturated heterocycles. The first-order valence-corrected chi connectivity index (χ1v) is 48.4. The number of unbranched alkanes of at least 4 members (excludes halogenated alkanes) is 34. The minimum atomic E-state index is -4.95. The second-order valence-corrected chi connectivity index (χ2v) is 32.9. The summed E-state index contributed by atoms with van der Waals surface area (Å²) < 4.78 is 61.5. The number of esters is 3. The number of phosphoric acid groups is 2. The van der Waals surface area contributed by atoms with E-state index in [0.29, 0.717) is 19.3 Å². The van der Waals surface area contributed by atoms with Crippen molar-refractivity contribution < 1.29 is 75.8 Å². The van der Waals surface area contributed by atoms with Gasteiger partial charge in [0.1, 0.15) is 25.4 Å². The Bertz CT molecular complexity index is 2770. The standard InChI is InChI=1S/C97H164O16P2/c1-4-7-10-13-16-19-22-25-28-31-34-37-40-42-43-44-45-46-47-49-52-53-56-59-62-65-68-71-74-77-80-83-95(100)107-86-92(98)87-109-114(103,104)110-88-93(99)89-111-115(105,106)112-91-94(113-97(102)85-82-79-76-73-70-67-64-61-58-55-50-39-36-33-30-27-24-21-18-15-12-9-6-3)90-108-96(101)84-81-78-75-72-69-66-63-60-57-54-51-48-41-38-35-32-29-26-23-20-17-14-11-8-5-2/h7,9-10,12,16-21,25-30,34-39,42-43,48,51,55,58,92-94,98-99H,4-6,8,11,13-15,22-24,31-33,40-41,44-47,49-50,52-54,56-57,59-91H2,1-3H3,(H,103,104)(H,105,106)/b10-7-,12-9-,19-16-,20-17-,21-18-,28-25-,29-26-,30-27-,37-34-,38-35-,39-36-,43-42-,51-48-,58-55-. The molecule has 5 unspecified atom stereocenters. The Labute approximate surface area is 701 Å². The smallest absolute Gasteiger partial charge is 0.463 e. The molecule has 0 aliphatic heterocycles. The average Bonchev–Trinajstić information content (AvgIpc) is 0.903.